The first-order valence-corrected chi connectivity index (χ1v) is 12.1. The summed E-state index contributed by atoms with van der Waals surface area (Å²) in [5.41, 5.74) is 2.53. The van der Waals surface area contributed by atoms with Crippen LogP contribution in [0.5, 0.6) is 0 Å². The van der Waals surface area contributed by atoms with E-state index in [0.717, 1.165) is 93.0 Å². The summed E-state index contributed by atoms with van der Waals surface area (Å²) in [5.74, 6) is 2.79. The van der Waals surface area contributed by atoms with E-state index in [4.69, 9.17) is 31.3 Å². The highest BCUT2D eigenvalue weighted by molar-refractivity contribution is 6.33. The molecule has 0 saturated carbocycles. The summed E-state index contributed by atoms with van der Waals surface area (Å²) in [5, 5.41) is 0.667. The molecule has 2 aromatic heterocycles. The van der Waals surface area contributed by atoms with E-state index in [1.54, 1.807) is 0 Å². The summed E-state index contributed by atoms with van der Waals surface area (Å²) < 4.78 is 20.7. The number of halogens is 2. The van der Waals surface area contributed by atoms with Crippen molar-refractivity contribution >= 4 is 28.6 Å². The Morgan fingerprint density at radius 2 is 1.94 bits per heavy atom. The number of anilines is 1. The Bertz CT molecular complexity index is 1110. The van der Waals surface area contributed by atoms with Gasteiger partial charge in [0.25, 0.3) is 0 Å². The van der Waals surface area contributed by atoms with E-state index in [1.165, 1.54) is 0 Å². The second-order valence-electron chi connectivity index (χ2n) is 8.89. The van der Waals surface area contributed by atoms with Gasteiger partial charge in [-0.2, -0.15) is 0 Å². The molecule has 0 bridgehead atoms. The average molecular weight is 473 g/mol. The van der Waals surface area contributed by atoms with Gasteiger partial charge in [0.15, 0.2) is 17.0 Å². The van der Waals surface area contributed by atoms with Crippen LogP contribution in [0.3, 0.4) is 0 Å². The Morgan fingerprint density at radius 1 is 1.12 bits per heavy atom. The maximum Gasteiger partial charge on any atom is 0.166 e. The molecule has 5 rings (SSSR count). The zero-order valence-electron chi connectivity index (χ0n) is 19.0. The standard InChI is InChI=1S/C24H30ClFN6O/c1-17-27-23(31-12-10-30(9-8-26)11-13-31)21-24(28-17)32(15-18-5-4-14-33-16-18)22(29-21)19-6-2-3-7-20(19)25/h2-3,6-7,18H,4-5,8-16H2,1H3. The zero-order chi connectivity index (χ0) is 22.8. The number of hydrogen-bond acceptors (Lipinski definition) is 6. The molecule has 0 radical (unpaired) electrons. The van der Waals surface area contributed by atoms with Crippen molar-refractivity contribution in [1.82, 2.24) is 24.4 Å². The van der Waals surface area contributed by atoms with Crippen molar-refractivity contribution in [1.29, 1.82) is 0 Å². The van der Waals surface area contributed by atoms with Crippen LogP contribution in [0, 0.1) is 12.8 Å². The molecule has 0 spiro atoms. The normalized spacial score (nSPS) is 20.0. The molecule has 0 N–H and O–H groups in total. The first kappa shape index (κ1) is 22.5. The second-order valence-corrected chi connectivity index (χ2v) is 9.30. The summed E-state index contributed by atoms with van der Waals surface area (Å²) >= 11 is 6.61. The summed E-state index contributed by atoms with van der Waals surface area (Å²) in [7, 11) is 0. The van der Waals surface area contributed by atoms with Crippen molar-refractivity contribution in [2.45, 2.75) is 26.3 Å². The van der Waals surface area contributed by atoms with Crippen LogP contribution in [-0.2, 0) is 11.3 Å². The summed E-state index contributed by atoms with van der Waals surface area (Å²) in [6, 6.07) is 7.82. The minimum Gasteiger partial charge on any atom is -0.381 e. The van der Waals surface area contributed by atoms with Crippen LogP contribution in [0.1, 0.15) is 18.7 Å². The lowest BCUT2D eigenvalue weighted by Gasteiger charge is -2.35. The molecule has 176 valence electrons. The Kier molecular flexibility index (Phi) is 6.76. The second kappa shape index (κ2) is 9.91. The van der Waals surface area contributed by atoms with Crippen molar-refractivity contribution in [2.75, 3.05) is 57.5 Å². The topological polar surface area (TPSA) is 59.3 Å². The highest BCUT2D eigenvalue weighted by Gasteiger charge is 2.26. The van der Waals surface area contributed by atoms with E-state index in [2.05, 4.69) is 14.4 Å². The van der Waals surface area contributed by atoms with Gasteiger partial charge in [-0.25, -0.2) is 19.3 Å². The fourth-order valence-electron chi connectivity index (χ4n) is 4.85. The third-order valence-corrected chi connectivity index (χ3v) is 6.90. The molecular weight excluding hydrogens is 443 g/mol. The van der Waals surface area contributed by atoms with Gasteiger partial charge in [-0.15, -0.1) is 0 Å². The molecule has 3 aromatic rings. The molecule has 7 nitrogen and oxygen atoms in total. The predicted molar refractivity (Wildman–Crippen MR) is 129 cm³/mol. The van der Waals surface area contributed by atoms with Crippen LogP contribution in [0.15, 0.2) is 24.3 Å². The SMILES string of the molecule is Cc1nc(N2CCN(CCF)CC2)c2nc(-c3ccccc3Cl)n(CC3CCCOC3)c2n1. The highest BCUT2D eigenvalue weighted by Crippen LogP contribution is 2.34. The summed E-state index contributed by atoms with van der Waals surface area (Å²) in [6.45, 7) is 7.65. The average Bonchev–Trinajstić information content (AvgIpc) is 3.18. The minimum absolute atomic E-state index is 0.312. The fourth-order valence-corrected chi connectivity index (χ4v) is 5.07. The third kappa shape index (κ3) is 4.69. The van der Waals surface area contributed by atoms with Crippen molar-refractivity contribution in [2.24, 2.45) is 5.92 Å². The molecule has 2 aliphatic rings. The number of piperazine rings is 1. The fraction of sp³-hybridized carbons (Fsp3) is 0.542. The molecule has 4 heterocycles. The number of nitrogens with zero attached hydrogens (tertiary/aromatic N) is 6. The van der Waals surface area contributed by atoms with Crippen molar-refractivity contribution in [3.05, 3.63) is 35.1 Å². The van der Waals surface area contributed by atoms with Crippen LogP contribution >= 0.6 is 11.6 Å². The maximum absolute atomic E-state index is 12.8. The third-order valence-electron chi connectivity index (χ3n) is 6.57. The number of benzene rings is 1. The van der Waals surface area contributed by atoms with E-state index in [9.17, 15) is 4.39 Å². The number of aryl methyl sites for hydroxylation is 1. The number of rotatable bonds is 6. The van der Waals surface area contributed by atoms with Gasteiger partial charge in [0.2, 0.25) is 0 Å². The molecule has 0 amide bonds. The van der Waals surface area contributed by atoms with E-state index in [0.29, 0.717) is 17.5 Å². The molecular formula is C24H30ClFN6O. The number of imidazole rings is 1. The van der Waals surface area contributed by atoms with E-state index < -0.39 is 0 Å². The number of alkyl halides is 1. The van der Waals surface area contributed by atoms with Crippen LogP contribution in [0.2, 0.25) is 5.02 Å². The highest BCUT2D eigenvalue weighted by atomic mass is 35.5. The summed E-state index contributed by atoms with van der Waals surface area (Å²) in [6.07, 6.45) is 2.19. The Morgan fingerprint density at radius 3 is 2.67 bits per heavy atom. The van der Waals surface area contributed by atoms with Gasteiger partial charge in [-0.3, -0.25) is 4.90 Å². The Hall–Kier alpha value is -2.29. The van der Waals surface area contributed by atoms with Gasteiger partial charge in [0, 0.05) is 57.4 Å². The molecule has 1 atom stereocenters. The van der Waals surface area contributed by atoms with Crippen molar-refractivity contribution in [3.8, 4) is 11.4 Å². The minimum atomic E-state index is -0.312. The lowest BCUT2D eigenvalue weighted by atomic mass is 10.0. The number of fused-ring (bicyclic) bond motifs is 1. The van der Waals surface area contributed by atoms with Crippen molar-refractivity contribution in [3.63, 3.8) is 0 Å². The number of aromatic nitrogens is 4. The Balaban J connectivity index is 1.59. The van der Waals surface area contributed by atoms with Crippen LogP contribution in [0.25, 0.3) is 22.6 Å². The van der Waals surface area contributed by atoms with Crippen LogP contribution in [-0.4, -0.2) is 77.0 Å². The molecule has 0 aliphatic carbocycles. The maximum atomic E-state index is 12.8. The molecule has 2 aliphatic heterocycles. The number of ether oxygens (including phenoxy) is 1. The molecule has 9 heteroatoms. The van der Waals surface area contributed by atoms with Gasteiger partial charge in [0.05, 0.1) is 11.6 Å². The van der Waals surface area contributed by atoms with Gasteiger partial charge in [-0.05, 0) is 31.9 Å². The van der Waals surface area contributed by atoms with E-state index in [1.807, 2.05) is 31.2 Å². The quantitative estimate of drug-likeness (QED) is 0.541. The monoisotopic (exact) mass is 472 g/mol. The van der Waals surface area contributed by atoms with Gasteiger partial charge in [-0.1, -0.05) is 23.7 Å². The van der Waals surface area contributed by atoms with Crippen molar-refractivity contribution < 1.29 is 9.13 Å². The largest absolute Gasteiger partial charge is 0.381 e. The van der Waals surface area contributed by atoms with Gasteiger partial charge < -0.3 is 14.2 Å². The van der Waals surface area contributed by atoms with Crippen LogP contribution < -0.4 is 4.90 Å². The van der Waals surface area contributed by atoms with Crippen LogP contribution in [0.4, 0.5) is 10.2 Å². The molecule has 2 saturated heterocycles. The van der Waals surface area contributed by atoms with Gasteiger partial charge >= 0.3 is 0 Å². The van der Waals surface area contributed by atoms with E-state index in [-0.39, 0.29) is 6.67 Å². The molecule has 33 heavy (non-hydrogen) atoms. The lowest BCUT2D eigenvalue weighted by molar-refractivity contribution is 0.0489. The van der Waals surface area contributed by atoms with Gasteiger partial charge in [0.1, 0.15) is 18.3 Å². The Labute approximate surface area is 198 Å². The van der Waals surface area contributed by atoms with E-state index >= 15 is 0 Å². The molecule has 1 aromatic carbocycles. The first-order chi connectivity index (χ1) is 16.1. The predicted octanol–water partition coefficient (Wildman–Crippen LogP) is 3.97. The zero-order valence-corrected chi connectivity index (χ0v) is 19.8. The number of hydrogen-bond donors (Lipinski definition) is 0. The smallest absolute Gasteiger partial charge is 0.166 e. The molecule has 1 unspecified atom stereocenters. The first-order valence-electron chi connectivity index (χ1n) is 11.7. The summed E-state index contributed by atoms with van der Waals surface area (Å²) in [4.78, 5) is 19.1. The lowest BCUT2D eigenvalue weighted by Crippen LogP contribution is -2.47. The molecule has 2 fully saturated rings.